The van der Waals surface area contributed by atoms with Gasteiger partial charge >= 0.3 is 0 Å². The number of sulfonamides is 1. The molecule has 0 amide bonds. The summed E-state index contributed by atoms with van der Waals surface area (Å²) in [7, 11) is -2.11. The van der Waals surface area contributed by atoms with Crippen LogP contribution in [0.3, 0.4) is 0 Å². The van der Waals surface area contributed by atoms with Crippen molar-refractivity contribution in [1.82, 2.24) is 9.29 Å². The maximum Gasteiger partial charge on any atom is 0.243 e. The Hall–Kier alpha value is -4.13. The normalized spacial score (nSPS) is 14.1. The van der Waals surface area contributed by atoms with E-state index < -0.39 is 10.0 Å². The fraction of sp³-hybridized carbons (Fsp3) is 0.214. The Balaban J connectivity index is 1.30. The molecular formula is C28H27N5O3S. The number of nitriles is 1. The minimum absolute atomic E-state index is 0.180. The molecule has 5 rings (SSSR count). The van der Waals surface area contributed by atoms with E-state index in [0.29, 0.717) is 30.4 Å². The second-order valence-electron chi connectivity index (χ2n) is 8.87. The van der Waals surface area contributed by atoms with E-state index in [2.05, 4.69) is 28.1 Å². The zero-order chi connectivity index (χ0) is 25.8. The second kappa shape index (κ2) is 10.5. The number of benzene rings is 3. The van der Waals surface area contributed by atoms with Crippen LogP contribution in [-0.2, 0) is 16.6 Å². The fourth-order valence-electron chi connectivity index (χ4n) is 4.40. The molecule has 0 saturated carbocycles. The van der Waals surface area contributed by atoms with Crippen molar-refractivity contribution in [2.24, 2.45) is 0 Å². The molecule has 1 fully saturated rings. The number of nitrogens with zero attached hydrogens (tertiary/aromatic N) is 5. The summed E-state index contributed by atoms with van der Waals surface area (Å²) in [4.78, 5) is 8.90. The van der Waals surface area contributed by atoms with Crippen molar-refractivity contribution in [1.29, 1.82) is 5.26 Å². The summed E-state index contributed by atoms with van der Waals surface area (Å²) in [6.07, 6.45) is 0. The van der Waals surface area contributed by atoms with Crippen molar-refractivity contribution in [2.45, 2.75) is 11.4 Å². The Labute approximate surface area is 217 Å². The third-order valence-corrected chi connectivity index (χ3v) is 8.28. The molecule has 9 heteroatoms. The Morgan fingerprint density at radius 3 is 2.11 bits per heavy atom. The molecule has 0 unspecified atom stereocenters. The van der Waals surface area contributed by atoms with Crippen molar-refractivity contribution in [2.75, 3.05) is 43.0 Å². The van der Waals surface area contributed by atoms with E-state index in [4.69, 9.17) is 4.42 Å². The van der Waals surface area contributed by atoms with Gasteiger partial charge < -0.3 is 14.2 Å². The number of para-hydroxylation sites is 1. The first kappa shape index (κ1) is 24.6. The largest absolute Gasteiger partial charge is 0.419 e. The van der Waals surface area contributed by atoms with Crippen LogP contribution in [0.4, 0.5) is 11.6 Å². The SMILES string of the molecule is CN(Cc1ccccc1)S(=O)(=O)c1ccc(-c2nc(C#N)c(N3CCN(c4ccccc4)CC3)o2)cc1. The van der Waals surface area contributed by atoms with Crippen molar-refractivity contribution in [3.05, 3.63) is 96.2 Å². The van der Waals surface area contributed by atoms with Crippen LogP contribution in [0.1, 0.15) is 11.3 Å². The number of aromatic nitrogens is 1. The smallest absolute Gasteiger partial charge is 0.243 e. The summed E-state index contributed by atoms with van der Waals surface area (Å²) < 4.78 is 33.5. The predicted octanol–water partition coefficient (Wildman–Crippen LogP) is 4.36. The Morgan fingerprint density at radius 2 is 1.49 bits per heavy atom. The van der Waals surface area contributed by atoms with Crippen LogP contribution in [-0.4, -0.2) is 50.9 Å². The number of piperazine rings is 1. The van der Waals surface area contributed by atoms with Crippen molar-refractivity contribution < 1.29 is 12.8 Å². The Kier molecular flexibility index (Phi) is 6.95. The average Bonchev–Trinajstić information content (AvgIpc) is 3.39. The molecule has 188 valence electrons. The number of anilines is 2. The van der Waals surface area contributed by atoms with Gasteiger partial charge in [0.05, 0.1) is 4.90 Å². The van der Waals surface area contributed by atoms with Gasteiger partial charge in [-0.1, -0.05) is 48.5 Å². The van der Waals surface area contributed by atoms with Crippen LogP contribution in [0, 0.1) is 11.3 Å². The van der Waals surface area contributed by atoms with E-state index in [1.54, 1.807) is 31.3 Å². The zero-order valence-corrected chi connectivity index (χ0v) is 21.3. The third-order valence-electron chi connectivity index (χ3n) is 6.46. The van der Waals surface area contributed by atoms with E-state index in [1.165, 1.54) is 9.99 Å². The average molecular weight is 514 g/mol. The summed E-state index contributed by atoms with van der Waals surface area (Å²) in [6, 6.07) is 28.2. The standard InChI is InChI=1S/C28H27N5O3S/c1-31(21-22-8-4-2-5-9-22)37(34,35)25-14-12-23(13-15-25)27-30-26(20-29)28(36-27)33-18-16-32(17-19-33)24-10-6-3-7-11-24/h2-15H,16-19,21H2,1H3. The quantitative estimate of drug-likeness (QED) is 0.362. The van der Waals surface area contributed by atoms with Gasteiger partial charge in [0.15, 0.2) is 0 Å². The maximum absolute atomic E-state index is 13.1. The maximum atomic E-state index is 13.1. The van der Waals surface area contributed by atoms with Crippen LogP contribution in [0.25, 0.3) is 11.5 Å². The third kappa shape index (κ3) is 5.21. The molecule has 0 aliphatic carbocycles. The monoisotopic (exact) mass is 513 g/mol. The zero-order valence-electron chi connectivity index (χ0n) is 20.5. The summed E-state index contributed by atoms with van der Waals surface area (Å²) in [5.74, 6) is 0.739. The highest BCUT2D eigenvalue weighted by Gasteiger charge is 2.26. The van der Waals surface area contributed by atoms with Crippen LogP contribution >= 0.6 is 0 Å². The van der Waals surface area contributed by atoms with Crippen LogP contribution in [0.15, 0.2) is 94.2 Å². The van der Waals surface area contributed by atoms with E-state index >= 15 is 0 Å². The van der Waals surface area contributed by atoms with Gasteiger partial charge in [-0.15, -0.1) is 0 Å². The van der Waals surface area contributed by atoms with Gasteiger partial charge in [0.25, 0.3) is 0 Å². The van der Waals surface area contributed by atoms with Crippen LogP contribution in [0.2, 0.25) is 0 Å². The summed E-state index contributed by atoms with van der Waals surface area (Å²) in [6.45, 7) is 3.27. The molecule has 4 aromatic rings. The van der Waals surface area contributed by atoms with Gasteiger partial charge in [-0.2, -0.15) is 14.6 Å². The summed E-state index contributed by atoms with van der Waals surface area (Å²) in [5.41, 5.74) is 2.91. The van der Waals surface area contributed by atoms with Gasteiger partial charge in [0.1, 0.15) is 6.07 Å². The van der Waals surface area contributed by atoms with Crippen molar-refractivity contribution in [3.8, 4) is 17.5 Å². The lowest BCUT2D eigenvalue weighted by Gasteiger charge is -2.35. The predicted molar refractivity (Wildman–Crippen MR) is 143 cm³/mol. The molecule has 0 N–H and O–H groups in total. The molecule has 2 heterocycles. The molecule has 0 bridgehead atoms. The summed E-state index contributed by atoms with van der Waals surface area (Å²) in [5, 5.41) is 9.68. The van der Waals surface area contributed by atoms with Gasteiger partial charge in [-0.3, -0.25) is 0 Å². The first-order chi connectivity index (χ1) is 18.0. The van der Waals surface area contributed by atoms with Crippen molar-refractivity contribution >= 4 is 21.6 Å². The molecule has 0 spiro atoms. The Morgan fingerprint density at radius 1 is 0.892 bits per heavy atom. The van der Waals surface area contributed by atoms with Crippen molar-refractivity contribution in [3.63, 3.8) is 0 Å². The van der Waals surface area contributed by atoms with Gasteiger partial charge in [0.2, 0.25) is 27.5 Å². The molecule has 1 saturated heterocycles. The minimum atomic E-state index is -3.67. The minimum Gasteiger partial charge on any atom is -0.419 e. The molecule has 1 aromatic heterocycles. The van der Waals surface area contributed by atoms with Gasteiger partial charge in [-0.25, -0.2) is 8.42 Å². The van der Waals surface area contributed by atoms with Crippen LogP contribution < -0.4 is 9.80 Å². The second-order valence-corrected chi connectivity index (χ2v) is 10.9. The lowest BCUT2D eigenvalue weighted by molar-refractivity contribution is 0.466. The highest BCUT2D eigenvalue weighted by atomic mass is 32.2. The lowest BCUT2D eigenvalue weighted by Crippen LogP contribution is -2.46. The molecule has 1 aliphatic heterocycles. The fourth-order valence-corrected chi connectivity index (χ4v) is 5.56. The van der Waals surface area contributed by atoms with E-state index in [0.717, 1.165) is 18.7 Å². The molecule has 37 heavy (non-hydrogen) atoms. The first-order valence-electron chi connectivity index (χ1n) is 12.0. The number of rotatable bonds is 7. The number of oxazole rings is 1. The Bertz CT molecular complexity index is 1490. The van der Waals surface area contributed by atoms with Gasteiger partial charge in [0, 0.05) is 51.0 Å². The number of hydrogen-bond acceptors (Lipinski definition) is 7. The highest BCUT2D eigenvalue weighted by molar-refractivity contribution is 7.89. The van der Waals surface area contributed by atoms with E-state index in [-0.39, 0.29) is 17.1 Å². The first-order valence-corrected chi connectivity index (χ1v) is 13.5. The molecular weight excluding hydrogens is 486 g/mol. The molecule has 0 atom stereocenters. The topological polar surface area (TPSA) is 93.7 Å². The number of hydrogen-bond donors (Lipinski definition) is 0. The van der Waals surface area contributed by atoms with E-state index in [1.807, 2.05) is 53.4 Å². The molecule has 0 radical (unpaired) electrons. The lowest BCUT2D eigenvalue weighted by atomic mass is 10.2. The van der Waals surface area contributed by atoms with Gasteiger partial charge in [-0.05, 0) is 42.0 Å². The molecule has 8 nitrogen and oxygen atoms in total. The summed E-state index contributed by atoms with van der Waals surface area (Å²) >= 11 is 0. The molecule has 1 aliphatic rings. The van der Waals surface area contributed by atoms with E-state index in [9.17, 15) is 13.7 Å². The van der Waals surface area contributed by atoms with Crippen LogP contribution in [0.5, 0.6) is 0 Å². The molecule has 3 aromatic carbocycles. The highest BCUT2D eigenvalue weighted by Crippen LogP contribution is 2.30.